The number of hydrogen-bond acceptors (Lipinski definition) is 3. The number of nitrogens with zero attached hydrogens (tertiary/aromatic N) is 1. The topological polar surface area (TPSA) is 81.7 Å². The van der Waals surface area contributed by atoms with Gasteiger partial charge in [0.25, 0.3) is 0 Å². The second kappa shape index (κ2) is 10.6. The van der Waals surface area contributed by atoms with Gasteiger partial charge in [0.1, 0.15) is 0 Å². The van der Waals surface area contributed by atoms with Crippen molar-refractivity contribution in [3.8, 4) is 0 Å². The SMILES string of the molecule is CCCN(CC)CCNC(=O)NCC(C)CC(=O)O. The van der Waals surface area contributed by atoms with Crippen molar-refractivity contribution in [2.24, 2.45) is 5.92 Å². The van der Waals surface area contributed by atoms with Crippen molar-refractivity contribution in [1.82, 2.24) is 15.5 Å². The number of likely N-dealkylation sites (N-methyl/N-ethyl adjacent to an activating group) is 1. The number of carbonyl (C=O) groups is 2. The molecule has 0 spiro atoms. The minimum atomic E-state index is -0.840. The molecule has 0 aliphatic carbocycles. The molecule has 0 bridgehead atoms. The first-order chi connectivity index (χ1) is 8.99. The maximum atomic E-state index is 11.5. The molecule has 3 N–H and O–H groups in total. The van der Waals surface area contributed by atoms with Crippen molar-refractivity contribution in [2.75, 3.05) is 32.7 Å². The minimum Gasteiger partial charge on any atom is -0.481 e. The fourth-order valence-electron chi connectivity index (χ4n) is 1.77. The van der Waals surface area contributed by atoms with Crippen molar-refractivity contribution < 1.29 is 14.7 Å². The molecule has 0 fully saturated rings. The molecule has 112 valence electrons. The molecule has 0 saturated heterocycles. The Morgan fingerprint density at radius 1 is 1.21 bits per heavy atom. The highest BCUT2D eigenvalue weighted by Crippen LogP contribution is 1.98. The molecule has 0 aromatic rings. The lowest BCUT2D eigenvalue weighted by Crippen LogP contribution is -2.42. The molecule has 6 nitrogen and oxygen atoms in total. The summed E-state index contributed by atoms with van der Waals surface area (Å²) in [4.78, 5) is 24.2. The zero-order chi connectivity index (χ0) is 14.7. The van der Waals surface area contributed by atoms with E-state index in [9.17, 15) is 9.59 Å². The summed E-state index contributed by atoms with van der Waals surface area (Å²) in [5, 5.41) is 14.1. The van der Waals surface area contributed by atoms with E-state index in [0.717, 1.165) is 26.1 Å². The largest absolute Gasteiger partial charge is 0.481 e. The van der Waals surface area contributed by atoms with Gasteiger partial charge in [-0.2, -0.15) is 0 Å². The lowest BCUT2D eigenvalue weighted by atomic mass is 10.1. The highest BCUT2D eigenvalue weighted by molar-refractivity contribution is 5.74. The van der Waals surface area contributed by atoms with Crippen molar-refractivity contribution in [1.29, 1.82) is 0 Å². The number of rotatable bonds is 10. The van der Waals surface area contributed by atoms with E-state index in [1.54, 1.807) is 6.92 Å². The van der Waals surface area contributed by atoms with Crippen molar-refractivity contribution >= 4 is 12.0 Å². The molecule has 0 aromatic carbocycles. The molecule has 2 amide bonds. The molecule has 0 heterocycles. The van der Waals surface area contributed by atoms with Gasteiger partial charge in [-0.15, -0.1) is 0 Å². The normalized spacial score (nSPS) is 12.2. The van der Waals surface area contributed by atoms with Crippen LogP contribution < -0.4 is 10.6 Å². The summed E-state index contributed by atoms with van der Waals surface area (Å²) in [6, 6.07) is -0.232. The number of carboxylic acids is 1. The fourth-order valence-corrected chi connectivity index (χ4v) is 1.77. The molecule has 1 unspecified atom stereocenters. The maximum absolute atomic E-state index is 11.5. The van der Waals surface area contributed by atoms with E-state index in [4.69, 9.17) is 5.11 Å². The molecule has 0 radical (unpaired) electrons. The Hall–Kier alpha value is -1.30. The standard InChI is InChI=1S/C13H27N3O3/c1-4-7-16(5-2)8-6-14-13(19)15-10-11(3)9-12(17)18/h11H,4-10H2,1-3H3,(H,17,18)(H2,14,15,19). The van der Waals surface area contributed by atoms with Gasteiger partial charge < -0.3 is 20.6 Å². The first-order valence-electron chi connectivity index (χ1n) is 6.95. The average Bonchev–Trinajstić information content (AvgIpc) is 2.34. The first-order valence-corrected chi connectivity index (χ1v) is 6.95. The molecule has 1 atom stereocenters. The zero-order valence-corrected chi connectivity index (χ0v) is 12.2. The van der Waals surface area contributed by atoms with Crippen LogP contribution in [0, 0.1) is 5.92 Å². The van der Waals surface area contributed by atoms with Gasteiger partial charge in [-0.1, -0.05) is 20.8 Å². The van der Waals surface area contributed by atoms with Crippen molar-refractivity contribution in [3.05, 3.63) is 0 Å². The summed E-state index contributed by atoms with van der Waals surface area (Å²) >= 11 is 0. The van der Waals surface area contributed by atoms with Gasteiger partial charge in [0.15, 0.2) is 0 Å². The summed E-state index contributed by atoms with van der Waals surface area (Å²) in [6.07, 6.45) is 1.17. The van der Waals surface area contributed by atoms with Crippen LogP contribution in [0.25, 0.3) is 0 Å². The van der Waals surface area contributed by atoms with Crippen LogP contribution in [0.15, 0.2) is 0 Å². The number of hydrogen-bond donors (Lipinski definition) is 3. The van der Waals surface area contributed by atoms with E-state index in [0.29, 0.717) is 13.1 Å². The Bertz CT molecular complexity index is 272. The first kappa shape index (κ1) is 17.7. The van der Waals surface area contributed by atoms with Gasteiger partial charge in [0.05, 0.1) is 0 Å². The van der Waals surface area contributed by atoms with Crippen molar-refractivity contribution in [2.45, 2.75) is 33.6 Å². The molecule has 19 heavy (non-hydrogen) atoms. The van der Waals surface area contributed by atoms with E-state index in [1.165, 1.54) is 0 Å². The number of carbonyl (C=O) groups excluding carboxylic acids is 1. The third-order valence-electron chi connectivity index (χ3n) is 2.83. The average molecular weight is 273 g/mol. The lowest BCUT2D eigenvalue weighted by molar-refractivity contribution is -0.137. The van der Waals surface area contributed by atoms with Crippen LogP contribution in [0.4, 0.5) is 4.79 Å². The zero-order valence-electron chi connectivity index (χ0n) is 12.2. The summed E-state index contributed by atoms with van der Waals surface area (Å²) in [7, 11) is 0. The summed E-state index contributed by atoms with van der Waals surface area (Å²) in [6.45, 7) is 9.87. The molecule has 0 aliphatic rings. The highest BCUT2D eigenvalue weighted by Gasteiger charge is 2.09. The van der Waals surface area contributed by atoms with Crippen LogP contribution in [0.1, 0.15) is 33.6 Å². The van der Waals surface area contributed by atoms with Gasteiger partial charge in [-0.25, -0.2) is 4.79 Å². The quantitative estimate of drug-likeness (QED) is 0.557. The van der Waals surface area contributed by atoms with E-state index in [1.807, 2.05) is 0 Å². The summed E-state index contributed by atoms with van der Waals surface area (Å²) < 4.78 is 0. The van der Waals surface area contributed by atoms with Gasteiger partial charge >= 0.3 is 12.0 Å². The van der Waals surface area contributed by atoms with Gasteiger partial charge in [0, 0.05) is 26.1 Å². The number of urea groups is 1. The van der Waals surface area contributed by atoms with Crippen LogP contribution in [0.2, 0.25) is 0 Å². The number of carboxylic acid groups (broad SMARTS) is 1. The Labute approximate surface area is 115 Å². The fraction of sp³-hybridized carbons (Fsp3) is 0.846. The van der Waals surface area contributed by atoms with E-state index in [-0.39, 0.29) is 18.4 Å². The molecule has 0 aromatic heterocycles. The summed E-state index contributed by atoms with van der Waals surface area (Å²) in [5.74, 6) is -0.900. The van der Waals surface area contributed by atoms with Crippen LogP contribution in [0.3, 0.4) is 0 Å². The Kier molecular flexibility index (Phi) is 9.88. The van der Waals surface area contributed by atoms with Crippen LogP contribution in [0.5, 0.6) is 0 Å². The second-order valence-electron chi connectivity index (χ2n) is 4.77. The molecule has 6 heteroatoms. The molecular formula is C13H27N3O3. The van der Waals surface area contributed by atoms with Gasteiger partial charge in [-0.05, 0) is 25.4 Å². The van der Waals surface area contributed by atoms with Crippen LogP contribution >= 0.6 is 0 Å². The summed E-state index contributed by atoms with van der Waals surface area (Å²) in [5.41, 5.74) is 0. The number of aliphatic carboxylic acids is 1. The predicted molar refractivity (Wildman–Crippen MR) is 75.2 cm³/mol. The number of amides is 2. The molecular weight excluding hydrogens is 246 g/mol. The van der Waals surface area contributed by atoms with Gasteiger partial charge in [0.2, 0.25) is 0 Å². The molecule has 0 aliphatic heterocycles. The second-order valence-corrected chi connectivity index (χ2v) is 4.77. The molecule has 0 saturated carbocycles. The number of nitrogens with one attached hydrogen (secondary N) is 2. The third-order valence-corrected chi connectivity index (χ3v) is 2.83. The lowest BCUT2D eigenvalue weighted by Gasteiger charge is -2.19. The molecule has 0 rings (SSSR count). The van der Waals surface area contributed by atoms with E-state index < -0.39 is 5.97 Å². The Morgan fingerprint density at radius 3 is 2.42 bits per heavy atom. The Balaban J connectivity index is 3.66. The highest BCUT2D eigenvalue weighted by atomic mass is 16.4. The predicted octanol–water partition coefficient (Wildman–Crippen LogP) is 1.13. The smallest absolute Gasteiger partial charge is 0.314 e. The minimum absolute atomic E-state index is 0.0597. The Morgan fingerprint density at radius 2 is 1.89 bits per heavy atom. The van der Waals surface area contributed by atoms with E-state index in [2.05, 4.69) is 29.4 Å². The van der Waals surface area contributed by atoms with Crippen LogP contribution in [-0.2, 0) is 4.79 Å². The third kappa shape index (κ3) is 10.3. The van der Waals surface area contributed by atoms with Gasteiger partial charge in [-0.3, -0.25) is 4.79 Å². The van der Waals surface area contributed by atoms with Crippen molar-refractivity contribution in [3.63, 3.8) is 0 Å². The maximum Gasteiger partial charge on any atom is 0.314 e. The van der Waals surface area contributed by atoms with Crippen LogP contribution in [-0.4, -0.2) is 54.7 Å². The van der Waals surface area contributed by atoms with E-state index >= 15 is 0 Å². The monoisotopic (exact) mass is 273 g/mol.